The first-order valence-corrected chi connectivity index (χ1v) is 6.62. The Hall–Kier alpha value is -0.730. The fourth-order valence-corrected chi connectivity index (χ4v) is 2.10. The molecule has 3 N–H and O–H groups in total. The number of aliphatic imine (C=N–C) groups is 1. The second-order valence-electron chi connectivity index (χ2n) is 5.52. The number of rotatable bonds is 6. The summed E-state index contributed by atoms with van der Waals surface area (Å²) in [4.78, 5) is 4.47. The molecule has 1 fully saturated rings. The van der Waals surface area contributed by atoms with Crippen molar-refractivity contribution in [3.05, 3.63) is 0 Å². The van der Waals surface area contributed by atoms with Crippen LogP contribution in [0.3, 0.4) is 0 Å². The maximum atomic E-state index is 5.84. The molecule has 0 saturated heterocycles. The topological polar surface area (TPSA) is 50.4 Å². The molecule has 0 radical (unpaired) electrons. The molecule has 3 heteroatoms. The first kappa shape index (κ1) is 13.3. The molecule has 0 unspecified atom stereocenters. The highest BCUT2D eigenvalue weighted by atomic mass is 15.1. The molecule has 3 nitrogen and oxygen atoms in total. The number of nitrogens with two attached hydrogens (primary N) is 1. The Morgan fingerprint density at radius 1 is 1.44 bits per heavy atom. The van der Waals surface area contributed by atoms with Crippen LogP contribution >= 0.6 is 0 Å². The molecule has 0 atom stereocenters. The number of hydrogen-bond acceptors (Lipinski definition) is 1. The van der Waals surface area contributed by atoms with E-state index in [0.717, 1.165) is 19.5 Å². The van der Waals surface area contributed by atoms with Gasteiger partial charge in [0.1, 0.15) is 0 Å². The van der Waals surface area contributed by atoms with Gasteiger partial charge >= 0.3 is 0 Å². The monoisotopic (exact) mass is 225 g/mol. The average molecular weight is 225 g/mol. The molecule has 16 heavy (non-hydrogen) atoms. The Bertz CT molecular complexity index is 224. The number of nitrogens with one attached hydrogen (secondary N) is 1. The summed E-state index contributed by atoms with van der Waals surface area (Å²) in [7, 11) is 0. The van der Waals surface area contributed by atoms with Crippen molar-refractivity contribution in [2.75, 3.05) is 13.1 Å². The minimum absolute atomic E-state index is 0.477. The SMILES string of the molecule is CCC1(CN=C(N)NCCC(C)C)CCC1. The van der Waals surface area contributed by atoms with Crippen LogP contribution < -0.4 is 11.1 Å². The number of guanidine groups is 1. The van der Waals surface area contributed by atoms with E-state index in [-0.39, 0.29) is 0 Å². The van der Waals surface area contributed by atoms with Gasteiger partial charge in [-0.1, -0.05) is 27.2 Å². The highest BCUT2D eigenvalue weighted by Gasteiger charge is 2.34. The molecular weight excluding hydrogens is 198 g/mol. The molecule has 0 aliphatic heterocycles. The van der Waals surface area contributed by atoms with Crippen molar-refractivity contribution < 1.29 is 0 Å². The van der Waals surface area contributed by atoms with Gasteiger partial charge in [-0.3, -0.25) is 4.99 Å². The summed E-state index contributed by atoms with van der Waals surface area (Å²) >= 11 is 0. The highest BCUT2D eigenvalue weighted by molar-refractivity contribution is 5.77. The average Bonchev–Trinajstić information content (AvgIpc) is 2.16. The molecule has 0 bridgehead atoms. The molecular formula is C13H27N3. The first-order chi connectivity index (χ1) is 7.58. The standard InChI is InChI=1S/C13H27N3/c1-4-13(7-5-8-13)10-16-12(14)15-9-6-11(2)3/h11H,4-10H2,1-3H3,(H3,14,15,16). The van der Waals surface area contributed by atoms with Gasteiger partial charge in [-0.25, -0.2) is 0 Å². The van der Waals surface area contributed by atoms with Crippen LogP contribution in [-0.4, -0.2) is 19.0 Å². The molecule has 1 saturated carbocycles. The van der Waals surface area contributed by atoms with Crippen molar-refractivity contribution in [2.45, 2.75) is 52.9 Å². The Morgan fingerprint density at radius 2 is 2.12 bits per heavy atom. The second kappa shape index (κ2) is 6.12. The van der Waals surface area contributed by atoms with E-state index in [4.69, 9.17) is 5.73 Å². The van der Waals surface area contributed by atoms with Crippen LogP contribution in [0, 0.1) is 11.3 Å². The van der Waals surface area contributed by atoms with Crippen LogP contribution in [-0.2, 0) is 0 Å². The van der Waals surface area contributed by atoms with E-state index in [1.165, 1.54) is 25.7 Å². The molecule has 1 rings (SSSR count). The maximum absolute atomic E-state index is 5.84. The zero-order chi connectivity index (χ0) is 12.0. The predicted octanol–water partition coefficient (Wildman–Crippen LogP) is 2.52. The maximum Gasteiger partial charge on any atom is 0.188 e. The van der Waals surface area contributed by atoms with Gasteiger partial charge in [-0.05, 0) is 37.0 Å². The summed E-state index contributed by atoms with van der Waals surface area (Å²) in [6.07, 6.45) is 6.40. The summed E-state index contributed by atoms with van der Waals surface area (Å²) in [5.74, 6) is 1.34. The molecule has 94 valence electrons. The third-order valence-electron chi connectivity index (χ3n) is 3.78. The van der Waals surface area contributed by atoms with Gasteiger partial charge in [-0.2, -0.15) is 0 Å². The van der Waals surface area contributed by atoms with Gasteiger partial charge in [0, 0.05) is 13.1 Å². The van der Waals surface area contributed by atoms with Gasteiger partial charge in [-0.15, -0.1) is 0 Å². The Morgan fingerprint density at radius 3 is 2.56 bits per heavy atom. The summed E-state index contributed by atoms with van der Waals surface area (Å²) in [5.41, 5.74) is 6.32. The van der Waals surface area contributed by atoms with E-state index in [0.29, 0.717) is 17.3 Å². The summed E-state index contributed by atoms with van der Waals surface area (Å²) in [5, 5.41) is 3.19. The number of nitrogens with zero attached hydrogens (tertiary/aromatic N) is 1. The van der Waals surface area contributed by atoms with Gasteiger partial charge in [0.05, 0.1) is 0 Å². The first-order valence-electron chi connectivity index (χ1n) is 6.62. The van der Waals surface area contributed by atoms with Crippen molar-refractivity contribution in [3.63, 3.8) is 0 Å². The summed E-state index contributed by atoms with van der Waals surface area (Å²) < 4.78 is 0. The molecule has 0 amide bonds. The molecule has 1 aliphatic rings. The lowest BCUT2D eigenvalue weighted by Gasteiger charge is -2.40. The zero-order valence-electron chi connectivity index (χ0n) is 11.1. The van der Waals surface area contributed by atoms with E-state index >= 15 is 0 Å². The van der Waals surface area contributed by atoms with Crippen LogP contribution in [0.4, 0.5) is 0 Å². The highest BCUT2D eigenvalue weighted by Crippen LogP contribution is 2.43. The molecule has 0 aromatic rings. The van der Waals surface area contributed by atoms with E-state index in [2.05, 4.69) is 31.1 Å². The third-order valence-corrected chi connectivity index (χ3v) is 3.78. The van der Waals surface area contributed by atoms with Crippen molar-refractivity contribution in [1.29, 1.82) is 0 Å². The van der Waals surface area contributed by atoms with Gasteiger partial charge in [0.25, 0.3) is 0 Å². The molecule has 0 spiro atoms. The van der Waals surface area contributed by atoms with Crippen molar-refractivity contribution in [1.82, 2.24) is 5.32 Å². The quantitative estimate of drug-likeness (QED) is 0.539. The predicted molar refractivity (Wildman–Crippen MR) is 70.5 cm³/mol. The molecule has 0 aromatic carbocycles. The van der Waals surface area contributed by atoms with Crippen LogP contribution in [0.5, 0.6) is 0 Å². The van der Waals surface area contributed by atoms with Gasteiger partial charge in [0.2, 0.25) is 0 Å². The van der Waals surface area contributed by atoms with Crippen LogP contribution in [0.2, 0.25) is 0 Å². The third kappa shape index (κ3) is 4.03. The zero-order valence-corrected chi connectivity index (χ0v) is 11.1. The van der Waals surface area contributed by atoms with E-state index < -0.39 is 0 Å². The lowest BCUT2D eigenvalue weighted by atomic mass is 9.67. The van der Waals surface area contributed by atoms with Crippen LogP contribution in [0.25, 0.3) is 0 Å². The minimum atomic E-state index is 0.477. The molecule has 0 heterocycles. The fraction of sp³-hybridized carbons (Fsp3) is 0.923. The summed E-state index contributed by atoms with van der Waals surface area (Å²) in [6.45, 7) is 8.54. The summed E-state index contributed by atoms with van der Waals surface area (Å²) in [6, 6.07) is 0. The number of hydrogen-bond donors (Lipinski definition) is 2. The lowest BCUT2D eigenvalue weighted by Crippen LogP contribution is -2.37. The second-order valence-corrected chi connectivity index (χ2v) is 5.52. The van der Waals surface area contributed by atoms with Crippen molar-refractivity contribution in [3.8, 4) is 0 Å². The van der Waals surface area contributed by atoms with E-state index in [1.807, 2.05) is 0 Å². The van der Waals surface area contributed by atoms with E-state index in [9.17, 15) is 0 Å². The smallest absolute Gasteiger partial charge is 0.188 e. The lowest BCUT2D eigenvalue weighted by molar-refractivity contribution is 0.139. The van der Waals surface area contributed by atoms with Crippen molar-refractivity contribution >= 4 is 5.96 Å². The molecule has 0 aromatic heterocycles. The van der Waals surface area contributed by atoms with Gasteiger partial charge in [0.15, 0.2) is 5.96 Å². The normalized spacial score (nSPS) is 19.6. The minimum Gasteiger partial charge on any atom is -0.370 e. The van der Waals surface area contributed by atoms with Crippen molar-refractivity contribution in [2.24, 2.45) is 22.1 Å². The van der Waals surface area contributed by atoms with Crippen LogP contribution in [0.15, 0.2) is 4.99 Å². The Balaban J connectivity index is 2.22. The largest absolute Gasteiger partial charge is 0.370 e. The Kier molecular flexibility index (Phi) is 5.10. The molecule has 1 aliphatic carbocycles. The fourth-order valence-electron chi connectivity index (χ4n) is 2.10. The van der Waals surface area contributed by atoms with Gasteiger partial charge < -0.3 is 11.1 Å². The Labute approximate surface area is 99.9 Å². The van der Waals surface area contributed by atoms with E-state index in [1.54, 1.807) is 0 Å². The van der Waals surface area contributed by atoms with Crippen LogP contribution in [0.1, 0.15) is 52.9 Å².